The van der Waals surface area contributed by atoms with Crippen LogP contribution >= 0.6 is 0 Å². The van der Waals surface area contributed by atoms with Gasteiger partial charge in [-0.25, -0.2) is 8.42 Å². The van der Waals surface area contributed by atoms with Crippen molar-refractivity contribution in [1.82, 2.24) is 4.90 Å². The van der Waals surface area contributed by atoms with E-state index in [9.17, 15) is 13.2 Å². The lowest BCUT2D eigenvalue weighted by atomic mass is 10.1. The van der Waals surface area contributed by atoms with E-state index in [0.29, 0.717) is 22.7 Å². The topological polar surface area (TPSA) is 87.7 Å². The van der Waals surface area contributed by atoms with Gasteiger partial charge in [0.15, 0.2) is 0 Å². The lowest BCUT2D eigenvalue weighted by molar-refractivity contribution is 0.102. The third kappa shape index (κ3) is 5.95. The number of carbonyl (C=O) groups excluding carboxylic acids is 1. The fourth-order valence-corrected chi connectivity index (χ4v) is 5.13. The quantitative estimate of drug-likeness (QED) is 0.488. The molecule has 0 radical (unpaired) electrons. The van der Waals surface area contributed by atoms with Crippen LogP contribution in [0.3, 0.4) is 0 Å². The van der Waals surface area contributed by atoms with E-state index in [1.165, 1.54) is 44.1 Å². The lowest BCUT2D eigenvalue weighted by Crippen LogP contribution is -2.29. The summed E-state index contributed by atoms with van der Waals surface area (Å²) < 4.78 is 33.5. The van der Waals surface area contributed by atoms with Crippen LogP contribution in [-0.4, -0.2) is 39.4 Å². The van der Waals surface area contributed by atoms with Crippen molar-refractivity contribution in [3.8, 4) is 5.75 Å². The second-order valence-corrected chi connectivity index (χ2v) is 10.0. The lowest BCUT2D eigenvalue weighted by Gasteiger charge is -2.26. The number of ether oxygens (including phenoxy) is 1. The molecule has 0 atom stereocenters. The molecule has 0 aliphatic carbocycles. The largest absolute Gasteiger partial charge is 0.495 e. The molecule has 0 spiro atoms. The van der Waals surface area contributed by atoms with Crippen molar-refractivity contribution in [2.24, 2.45) is 0 Å². The van der Waals surface area contributed by atoms with Gasteiger partial charge >= 0.3 is 0 Å². The molecule has 0 bridgehead atoms. The number of rotatable bonds is 8. The predicted molar refractivity (Wildman–Crippen MR) is 134 cm³/mol. The first-order valence-electron chi connectivity index (χ1n) is 11.3. The molecule has 0 aromatic heterocycles. The molecular formula is C26H29N3O4S. The highest BCUT2D eigenvalue weighted by Crippen LogP contribution is 2.27. The number of hydrogen-bond acceptors (Lipinski definition) is 5. The Hall–Kier alpha value is -3.36. The summed E-state index contributed by atoms with van der Waals surface area (Å²) in [4.78, 5) is 15.2. The van der Waals surface area contributed by atoms with E-state index in [0.717, 1.165) is 19.6 Å². The van der Waals surface area contributed by atoms with Crippen LogP contribution < -0.4 is 14.8 Å². The molecule has 8 heteroatoms. The molecule has 3 aromatic rings. The SMILES string of the molecule is COc1ccccc1NS(=O)(=O)c1cccc(NC(=O)c2ccc(CN3CCCCC3)cc2)c1. The molecule has 34 heavy (non-hydrogen) atoms. The number of methoxy groups -OCH3 is 1. The summed E-state index contributed by atoms with van der Waals surface area (Å²) in [5, 5.41) is 2.79. The number of hydrogen-bond donors (Lipinski definition) is 2. The van der Waals surface area contributed by atoms with E-state index < -0.39 is 10.0 Å². The van der Waals surface area contributed by atoms with E-state index in [2.05, 4.69) is 14.9 Å². The van der Waals surface area contributed by atoms with Gasteiger partial charge in [0.25, 0.3) is 15.9 Å². The zero-order valence-electron chi connectivity index (χ0n) is 19.2. The number of benzene rings is 3. The molecule has 1 aliphatic heterocycles. The number of nitrogens with one attached hydrogen (secondary N) is 2. The Morgan fingerprint density at radius 1 is 0.941 bits per heavy atom. The van der Waals surface area contributed by atoms with Crippen LogP contribution in [0.5, 0.6) is 5.75 Å². The van der Waals surface area contributed by atoms with Gasteiger partial charge in [0, 0.05) is 17.8 Å². The van der Waals surface area contributed by atoms with Crippen LogP contribution in [0.15, 0.2) is 77.7 Å². The molecule has 178 valence electrons. The maximum absolute atomic E-state index is 12.9. The number of carbonyl (C=O) groups is 1. The van der Waals surface area contributed by atoms with Gasteiger partial charge in [-0.3, -0.25) is 14.4 Å². The van der Waals surface area contributed by atoms with Gasteiger partial charge in [0.1, 0.15) is 5.75 Å². The van der Waals surface area contributed by atoms with Crippen molar-refractivity contribution in [2.45, 2.75) is 30.7 Å². The van der Waals surface area contributed by atoms with E-state index in [-0.39, 0.29) is 10.8 Å². The number of nitrogens with zero attached hydrogens (tertiary/aromatic N) is 1. The van der Waals surface area contributed by atoms with Crippen LogP contribution in [0, 0.1) is 0 Å². The Balaban J connectivity index is 1.43. The minimum Gasteiger partial charge on any atom is -0.495 e. The summed E-state index contributed by atoms with van der Waals surface area (Å²) in [7, 11) is -2.40. The molecule has 1 aliphatic rings. The Morgan fingerprint density at radius 3 is 2.41 bits per heavy atom. The van der Waals surface area contributed by atoms with Gasteiger partial charge in [-0.05, 0) is 74.0 Å². The number of likely N-dealkylation sites (tertiary alicyclic amines) is 1. The summed E-state index contributed by atoms with van der Waals surface area (Å²) in [6.07, 6.45) is 3.78. The van der Waals surface area contributed by atoms with Crippen molar-refractivity contribution in [3.63, 3.8) is 0 Å². The van der Waals surface area contributed by atoms with Gasteiger partial charge in [0.2, 0.25) is 0 Å². The summed E-state index contributed by atoms with van der Waals surface area (Å²) >= 11 is 0. The number of para-hydroxylation sites is 2. The second-order valence-electron chi connectivity index (χ2n) is 8.32. The van der Waals surface area contributed by atoms with Gasteiger partial charge in [0.05, 0.1) is 17.7 Å². The van der Waals surface area contributed by atoms with Crippen molar-refractivity contribution >= 4 is 27.3 Å². The third-order valence-electron chi connectivity index (χ3n) is 5.82. The average molecular weight is 480 g/mol. The third-order valence-corrected chi connectivity index (χ3v) is 7.19. The van der Waals surface area contributed by atoms with Crippen molar-refractivity contribution in [3.05, 3.63) is 83.9 Å². The molecule has 1 heterocycles. The van der Waals surface area contributed by atoms with E-state index in [1.54, 1.807) is 48.5 Å². The first-order chi connectivity index (χ1) is 16.4. The van der Waals surface area contributed by atoms with Crippen molar-refractivity contribution in [2.75, 3.05) is 30.2 Å². The summed E-state index contributed by atoms with van der Waals surface area (Å²) in [6, 6.07) is 20.5. The normalized spacial score (nSPS) is 14.4. The summed E-state index contributed by atoms with van der Waals surface area (Å²) in [6.45, 7) is 3.13. The highest BCUT2D eigenvalue weighted by molar-refractivity contribution is 7.92. The Kier molecular flexibility index (Phi) is 7.49. The number of piperidine rings is 1. The fourth-order valence-electron chi connectivity index (χ4n) is 4.01. The van der Waals surface area contributed by atoms with Crippen molar-refractivity contribution in [1.29, 1.82) is 0 Å². The maximum atomic E-state index is 12.9. The van der Waals surface area contributed by atoms with Crippen LogP contribution in [0.4, 0.5) is 11.4 Å². The molecule has 7 nitrogen and oxygen atoms in total. The second kappa shape index (κ2) is 10.7. The highest BCUT2D eigenvalue weighted by Gasteiger charge is 2.18. The average Bonchev–Trinajstić information content (AvgIpc) is 2.85. The molecule has 0 saturated carbocycles. The molecule has 1 fully saturated rings. The molecule has 3 aromatic carbocycles. The number of amides is 1. The standard InChI is InChI=1S/C26H29N3O4S/c1-33-25-11-4-3-10-24(25)28-34(31,32)23-9-7-8-22(18-23)27-26(30)21-14-12-20(13-15-21)19-29-16-5-2-6-17-29/h3-4,7-15,18,28H,2,5-6,16-17,19H2,1H3,(H,27,30). The predicted octanol–water partition coefficient (Wildman–Crippen LogP) is 4.73. The zero-order valence-corrected chi connectivity index (χ0v) is 20.0. The van der Waals surface area contributed by atoms with Gasteiger partial charge in [-0.1, -0.05) is 36.8 Å². The maximum Gasteiger partial charge on any atom is 0.262 e. The minimum atomic E-state index is -3.87. The molecule has 4 rings (SSSR count). The van der Waals surface area contributed by atoms with Crippen LogP contribution in [0.2, 0.25) is 0 Å². The van der Waals surface area contributed by atoms with Crippen LogP contribution in [0.1, 0.15) is 35.2 Å². The Labute approximate surface area is 200 Å². The molecule has 1 amide bonds. The summed E-state index contributed by atoms with van der Waals surface area (Å²) in [5.41, 5.74) is 2.42. The minimum absolute atomic E-state index is 0.0353. The van der Waals surface area contributed by atoms with Gasteiger partial charge in [-0.2, -0.15) is 0 Å². The van der Waals surface area contributed by atoms with Crippen molar-refractivity contribution < 1.29 is 17.9 Å². The monoisotopic (exact) mass is 479 g/mol. The van der Waals surface area contributed by atoms with Crippen LogP contribution in [-0.2, 0) is 16.6 Å². The zero-order chi connectivity index (χ0) is 24.0. The fraction of sp³-hybridized carbons (Fsp3) is 0.269. The molecule has 2 N–H and O–H groups in total. The van der Waals surface area contributed by atoms with E-state index in [1.807, 2.05) is 12.1 Å². The number of sulfonamides is 1. The van der Waals surface area contributed by atoms with E-state index >= 15 is 0 Å². The molecular weight excluding hydrogens is 450 g/mol. The van der Waals surface area contributed by atoms with Gasteiger partial charge in [-0.15, -0.1) is 0 Å². The highest BCUT2D eigenvalue weighted by atomic mass is 32.2. The summed E-state index contributed by atoms with van der Waals surface area (Å²) in [5.74, 6) is 0.121. The molecule has 1 saturated heterocycles. The first kappa shape index (κ1) is 23.8. The molecule has 0 unspecified atom stereocenters. The first-order valence-corrected chi connectivity index (χ1v) is 12.8. The van der Waals surface area contributed by atoms with Gasteiger partial charge < -0.3 is 10.1 Å². The Morgan fingerprint density at radius 2 is 1.68 bits per heavy atom. The van der Waals surface area contributed by atoms with E-state index in [4.69, 9.17) is 4.74 Å². The Bertz CT molecular complexity index is 1240. The number of anilines is 2. The smallest absolute Gasteiger partial charge is 0.262 e. The van der Waals surface area contributed by atoms with Crippen LogP contribution in [0.25, 0.3) is 0 Å².